The number of hydrogen-bond acceptors (Lipinski definition) is 4. The van der Waals surface area contributed by atoms with Crippen LogP contribution in [0, 0.1) is 18.3 Å². The number of rotatable bonds is 2. The van der Waals surface area contributed by atoms with E-state index < -0.39 is 5.97 Å². The van der Waals surface area contributed by atoms with Crippen molar-refractivity contribution in [2.75, 3.05) is 13.7 Å². The minimum absolute atomic E-state index is 0.148. The van der Waals surface area contributed by atoms with Crippen LogP contribution in [0.15, 0.2) is 23.8 Å². The molecule has 1 heterocycles. The fourth-order valence-corrected chi connectivity index (χ4v) is 2.21. The number of hydrogen-bond donors (Lipinski definition) is 0. The van der Waals surface area contributed by atoms with E-state index in [1.807, 2.05) is 19.1 Å². The van der Waals surface area contributed by atoms with E-state index in [-0.39, 0.29) is 18.1 Å². The van der Waals surface area contributed by atoms with E-state index in [4.69, 9.17) is 4.74 Å². The van der Waals surface area contributed by atoms with Gasteiger partial charge < -0.3 is 9.64 Å². The van der Waals surface area contributed by atoms with Crippen LogP contribution in [-0.2, 0) is 9.53 Å². The molecule has 0 N–H and O–H groups in total. The number of amides is 1. The summed E-state index contributed by atoms with van der Waals surface area (Å²) in [7, 11) is 1.55. The van der Waals surface area contributed by atoms with Crippen molar-refractivity contribution < 1.29 is 14.3 Å². The lowest BCUT2D eigenvalue weighted by atomic mass is 10.0. The summed E-state index contributed by atoms with van der Waals surface area (Å²) in [6, 6.07) is 7.18. The maximum absolute atomic E-state index is 12.2. The van der Waals surface area contributed by atoms with E-state index in [9.17, 15) is 14.9 Å². The Hall–Kier alpha value is -2.61. The highest BCUT2D eigenvalue weighted by atomic mass is 16.5. The fourth-order valence-electron chi connectivity index (χ4n) is 2.21. The number of fused-ring (bicyclic) bond motifs is 1. The standard InChI is InChI=1S/C15H14N2O3/c1-4-20-15(19)12(8-16)13-10-6-5-9(2)7-11(10)14(18)17(13)3/h5-7H,4H2,1-3H3/b13-12-. The van der Waals surface area contributed by atoms with Gasteiger partial charge in [-0.3, -0.25) is 4.79 Å². The van der Waals surface area contributed by atoms with E-state index in [0.717, 1.165) is 5.56 Å². The summed E-state index contributed by atoms with van der Waals surface area (Å²) < 4.78 is 4.87. The molecule has 0 spiro atoms. The molecule has 2 rings (SSSR count). The lowest BCUT2D eigenvalue weighted by molar-refractivity contribution is -0.137. The number of esters is 1. The Morgan fingerprint density at radius 2 is 2.10 bits per heavy atom. The summed E-state index contributed by atoms with van der Waals surface area (Å²) >= 11 is 0. The summed E-state index contributed by atoms with van der Waals surface area (Å²) in [5.41, 5.74) is 2.20. The number of ether oxygens (including phenoxy) is 1. The molecule has 0 saturated heterocycles. The monoisotopic (exact) mass is 270 g/mol. The summed E-state index contributed by atoms with van der Waals surface area (Å²) in [6.45, 7) is 3.72. The normalized spacial score (nSPS) is 15.7. The van der Waals surface area contributed by atoms with Crippen LogP contribution in [0.2, 0.25) is 0 Å². The summed E-state index contributed by atoms with van der Waals surface area (Å²) in [6.07, 6.45) is 0. The summed E-state index contributed by atoms with van der Waals surface area (Å²) in [4.78, 5) is 25.4. The molecule has 102 valence electrons. The zero-order valence-electron chi connectivity index (χ0n) is 11.6. The molecular weight excluding hydrogens is 256 g/mol. The van der Waals surface area contributed by atoms with E-state index in [1.54, 1.807) is 26.1 Å². The van der Waals surface area contributed by atoms with Gasteiger partial charge in [-0.1, -0.05) is 17.7 Å². The lowest BCUT2D eigenvalue weighted by Crippen LogP contribution is -2.20. The third-order valence-electron chi connectivity index (χ3n) is 3.13. The number of nitriles is 1. The van der Waals surface area contributed by atoms with Gasteiger partial charge in [0.15, 0.2) is 5.57 Å². The first-order valence-corrected chi connectivity index (χ1v) is 6.21. The highest BCUT2D eigenvalue weighted by molar-refractivity contribution is 6.14. The molecule has 0 unspecified atom stereocenters. The molecule has 1 aromatic rings. The van der Waals surface area contributed by atoms with Gasteiger partial charge in [0.25, 0.3) is 5.91 Å². The predicted octanol–water partition coefficient (Wildman–Crippen LogP) is 1.88. The lowest BCUT2D eigenvalue weighted by Gasteiger charge is -2.13. The van der Waals surface area contributed by atoms with Gasteiger partial charge in [-0.15, -0.1) is 0 Å². The van der Waals surface area contributed by atoms with Gasteiger partial charge in [0.1, 0.15) is 6.07 Å². The van der Waals surface area contributed by atoms with Crippen molar-refractivity contribution in [3.63, 3.8) is 0 Å². The molecule has 5 nitrogen and oxygen atoms in total. The second kappa shape index (κ2) is 5.17. The summed E-state index contributed by atoms with van der Waals surface area (Å²) in [5, 5.41) is 9.22. The van der Waals surface area contributed by atoms with Crippen molar-refractivity contribution in [3.8, 4) is 6.07 Å². The van der Waals surface area contributed by atoms with Crippen molar-refractivity contribution in [2.24, 2.45) is 0 Å². The molecule has 0 bridgehead atoms. The van der Waals surface area contributed by atoms with Crippen molar-refractivity contribution in [2.45, 2.75) is 13.8 Å². The molecular formula is C15H14N2O3. The summed E-state index contributed by atoms with van der Waals surface area (Å²) in [5.74, 6) is -0.936. The SMILES string of the molecule is CCOC(=O)/C(C#N)=C1/c2ccc(C)cc2C(=O)N1C. The third-order valence-corrected chi connectivity index (χ3v) is 3.13. The van der Waals surface area contributed by atoms with Gasteiger partial charge in [0.05, 0.1) is 12.3 Å². The number of carbonyl (C=O) groups is 2. The Morgan fingerprint density at radius 1 is 1.40 bits per heavy atom. The van der Waals surface area contributed by atoms with Gasteiger partial charge in [-0.05, 0) is 19.9 Å². The minimum Gasteiger partial charge on any atom is -0.462 e. The number of nitrogens with zero attached hydrogens (tertiary/aromatic N) is 2. The average Bonchev–Trinajstić information content (AvgIpc) is 2.65. The van der Waals surface area contributed by atoms with Crippen LogP contribution < -0.4 is 0 Å². The van der Waals surface area contributed by atoms with Gasteiger partial charge >= 0.3 is 5.97 Å². The van der Waals surface area contributed by atoms with E-state index in [2.05, 4.69) is 0 Å². The highest BCUT2D eigenvalue weighted by Crippen LogP contribution is 2.34. The molecule has 1 amide bonds. The van der Waals surface area contributed by atoms with Gasteiger partial charge in [0, 0.05) is 18.2 Å². The molecule has 0 saturated carbocycles. The second-order valence-electron chi connectivity index (χ2n) is 4.47. The van der Waals surface area contributed by atoms with E-state index >= 15 is 0 Å². The molecule has 5 heteroatoms. The highest BCUT2D eigenvalue weighted by Gasteiger charge is 2.34. The van der Waals surface area contributed by atoms with Crippen LogP contribution >= 0.6 is 0 Å². The van der Waals surface area contributed by atoms with E-state index in [1.165, 1.54) is 4.90 Å². The Morgan fingerprint density at radius 3 is 2.70 bits per heavy atom. The molecule has 1 aliphatic rings. The third kappa shape index (κ3) is 2.05. The van der Waals surface area contributed by atoms with Gasteiger partial charge in [0.2, 0.25) is 0 Å². The molecule has 0 radical (unpaired) electrons. The van der Waals surface area contributed by atoms with E-state index in [0.29, 0.717) is 16.8 Å². The smallest absolute Gasteiger partial charge is 0.351 e. The topological polar surface area (TPSA) is 70.4 Å². The molecule has 0 atom stereocenters. The maximum atomic E-state index is 12.2. The molecule has 0 aliphatic carbocycles. The van der Waals surface area contributed by atoms with Crippen LogP contribution in [0.1, 0.15) is 28.4 Å². The molecule has 1 aromatic carbocycles. The predicted molar refractivity (Wildman–Crippen MR) is 72.4 cm³/mol. The number of benzene rings is 1. The maximum Gasteiger partial charge on any atom is 0.351 e. The molecule has 0 aromatic heterocycles. The fraction of sp³-hybridized carbons (Fsp3) is 0.267. The van der Waals surface area contributed by atoms with Crippen LogP contribution in [0.5, 0.6) is 0 Å². The quantitative estimate of drug-likeness (QED) is 0.467. The Labute approximate surface area is 117 Å². The first kappa shape index (κ1) is 13.8. The Kier molecular flexibility index (Phi) is 3.57. The Balaban J connectivity index is 2.67. The van der Waals surface area contributed by atoms with Crippen LogP contribution in [0.4, 0.5) is 0 Å². The molecule has 0 fully saturated rings. The van der Waals surface area contributed by atoms with Crippen LogP contribution in [0.25, 0.3) is 5.70 Å². The van der Waals surface area contributed by atoms with Gasteiger partial charge in [-0.2, -0.15) is 5.26 Å². The van der Waals surface area contributed by atoms with Gasteiger partial charge in [-0.25, -0.2) is 4.79 Å². The molecule has 20 heavy (non-hydrogen) atoms. The zero-order chi connectivity index (χ0) is 14.9. The first-order chi connectivity index (χ1) is 9.51. The van der Waals surface area contributed by atoms with Crippen molar-refractivity contribution in [1.29, 1.82) is 5.26 Å². The largest absolute Gasteiger partial charge is 0.462 e. The van der Waals surface area contributed by atoms with Crippen molar-refractivity contribution in [3.05, 3.63) is 40.5 Å². The molecule has 1 aliphatic heterocycles. The zero-order valence-corrected chi connectivity index (χ0v) is 11.6. The van der Waals surface area contributed by atoms with Crippen LogP contribution in [0.3, 0.4) is 0 Å². The van der Waals surface area contributed by atoms with Crippen molar-refractivity contribution in [1.82, 2.24) is 4.90 Å². The number of carbonyl (C=O) groups excluding carboxylic acids is 2. The first-order valence-electron chi connectivity index (χ1n) is 6.21. The second-order valence-corrected chi connectivity index (χ2v) is 4.47. The van der Waals surface area contributed by atoms with Crippen LogP contribution in [-0.4, -0.2) is 30.4 Å². The average molecular weight is 270 g/mol. The number of aryl methyl sites for hydroxylation is 1. The Bertz CT molecular complexity index is 668. The van der Waals surface area contributed by atoms with Crippen molar-refractivity contribution >= 4 is 17.6 Å². The minimum atomic E-state index is -0.710.